The van der Waals surface area contributed by atoms with E-state index in [9.17, 15) is 19.7 Å². The Kier molecular flexibility index (Phi) is 5.42. The lowest BCUT2D eigenvalue weighted by Gasteiger charge is -2.05. The second kappa shape index (κ2) is 7.07. The molecule has 1 amide bonds. The standard InChI is InChI=1S/C11H12N2O6/c14-10(15)7-19-5-4-12-11(16)8-2-1-3-9(6-8)13(17)18/h1-3,6H,4-5,7H2,(H,12,16)(H,14,15). The molecular formula is C11H12N2O6. The summed E-state index contributed by atoms with van der Waals surface area (Å²) in [4.78, 5) is 31.7. The molecule has 1 rings (SSSR count). The van der Waals surface area contributed by atoms with Crippen LogP contribution in [0.15, 0.2) is 24.3 Å². The molecule has 0 fully saturated rings. The first-order chi connectivity index (χ1) is 9.00. The number of carboxylic acids is 1. The highest BCUT2D eigenvalue weighted by Crippen LogP contribution is 2.12. The van der Waals surface area contributed by atoms with Crippen LogP contribution in [0.5, 0.6) is 0 Å². The number of benzene rings is 1. The number of hydrogen-bond donors (Lipinski definition) is 2. The molecule has 102 valence electrons. The van der Waals surface area contributed by atoms with Crippen LogP contribution in [0, 0.1) is 10.1 Å². The van der Waals surface area contributed by atoms with Gasteiger partial charge in [0.15, 0.2) is 0 Å². The van der Waals surface area contributed by atoms with Gasteiger partial charge in [-0.3, -0.25) is 14.9 Å². The summed E-state index contributed by atoms with van der Waals surface area (Å²) in [5.41, 5.74) is -0.0118. The monoisotopic (exact) mass is 268 g/mol. The zero-order chi connectivity index (χ0) is 14.3. The largest absolute Gasteiger partial charge is 0.480 e. The summed E-state index contributed by atoms with van der Waals surface area (Å²) in [5.74, 6) is -1.58. The average Bonchev–Trinajstić information content (AvgIpc) is 2.37. The lowest BCUT2D eigenvalue weighted by Crippen LogP contribution is -2.27. The van der Waals surface area contributed by atoms with E-state index >= 15 is 0 Å². The molecule has 8 nitrogen and oxygen atoms in total. The van der Waals surface area contributed by atoms with E-state index < -0.39 is 23.4 Å². The first-order valence-corrected chi connectivity index (χ1v) is 5.33. The molecule has 0 saturated carbocycles. The normalized spacial score (nSPS) is 9.89. The topological polar surface area (TPSA) is 119 Å². The Hall–Kier alpha value is -2.48. The molecule has 2 N–H and O–H groups in total. The minimum Gasteiger partial charge on any atom is -0.480 e. The van der Waals surface area contributed by atoms with E-state index in [0.717, 1.165) is 6.07 Å². The van der Waals surface area contributed by atoms with Gasteiger partial charge in [0, 0.05) is 24.2 Å². The molecule has 0 radical (unpaired) electrons. The summed E-state index contributed by atoms with van der Waals surface area (Å²) in [6.07, 6.45) is 0. The second-order valence-electron chi connectivity index (χ2n) is 3.51. The number of amides is 1. The van der Waals surface area contributed by atoms with Crippen LogP contribution in [-0.4, -0.2) is 41.7 Å². The maximum Gasteiger partial charge on any atom is 0.329 e. The van der Waals surface area contributed by atoms with E-state index in [2.05, 4.69) is 5.32 Å². The predicted octanol–water partition coefficient (Wildman–Crippen LogP) is 0.426. The van der Waals surface area contributed by atoms with Crippen molar-refractivity contribution in [2.24, 2.45) is 0 Å². The molecule has 0 aliphatic heterocycles. The predicted molar refractivity (Wildman–Crippen MR) is 63.9 cm³/mol. The number of ether oxygens (including phenoxy) is 1. The third-order valence-electron chi connectivity index (χ3n) is 2.08. The van der Waals surface area contributed by atoms with Crippen LogP contribution in [0.2, 0.25) is 0 Å². The van der Waals surface area contributed by atoms with Gasteiger partial charge in [0.05, 0.1) is 11.5 Å². The van der Waals surface area contributed by atoms with Gasteiger partial charge in [-0.2, -0.15) is 0 Å². The van der Waals surface area contributed by atoms with Gasteiger partial charge < -0.3 is 15.2 Å². The zero-order valence-corrected chi connectivity index (χ0v) is 9.87. The molecule has 1 aromatic rings. The molecule has 0 aromatic heterocycles. The highest BCUT2D eigenvalue weighted by molar-refractivity contribution is 5.94. The van der Waals surface area contributed by atoms with E-state index in [1.165, 1.54) is 18.2 Å². The van der Waals surface area contributed by atoms with Gasteiger partial charge >= 0.3 is 5.97 Å². The van der Waals surface area contributed by atoms with Gasteiger partial charge in [-0.15, -0.1) is 0 Å². The van der Waals surface area contributed by atoms with Gasteiger partial charge in [-0.25, -0.2) is 4.79 Å². The fourth-order valence-electron chi connectivity index (χ4n) is 1.26. The van der Waals surface area contributed by atoms with Crippen molar-refractivity contribution >= 4 is 17.6 Å². The summed E-state index contributed by atoms with van der Waals surface area (Å²) in [6, 6.07) is 5.30. The van der Waals surface area contributed by atoms with Crippen molar-refractivity contribution < 1.29 is 24.4 Å². The van der Waals surface area contributed by atoms with Crippen molar-refractivity contribution in [2.75, 3.05) is 19.8 Å². The van der Waals surface area contributed by atoms with E-state index in [4.69, 9.17) is 9.84 Å². The molecule has 0 heterocycles. The minimum atomic E-state index is -1.09. The van der Waals surface area contributed by atoms with Crippen molar-refractivity contribution in [2.45, 2.75) is 0 Å². The number of nitro benzene ring substituents is 1. The maximum atomic E-state index is 11.6. The molecule has 0 spiro atoms. The van der Waals surface area contributed by atoms with E-state index in [1.54, 1.807) is 0 Å². The molecule has 0 atom stereocenters. The lowest BCUT2D eigenvalue weighted by molar-refractivity contribution is -0.384. The molecule has 0 bridgehead atoms. The molecule has 19 heavy (non-hydrogen) atoms. The molecule has 1 aromatic carbocycles. The summed E-state index contributed by atoms with van der Waals surface area (Å²) in [7, 11) is 0. The second-order valence-corrected chi connectivity index (χ2v) is 3.51. The summed E-state index contributed by atoms with van der Waals surface area (Å²) >= 11 is 0. The number of carboxylic acid groups (broad SMARTS) is 1. The van der Waals surface area contributed by atoms with Crippen LogP contribution in [0.3, 0.4) is 0 Å². The van der Waals surface area contributed by atoms with Crippen molar-refractivity contribution in [1.82, 2.24) is 5.32 Å². The molecule has 0 saturated heterocycles. The number of nitro groups is 1. The molecule has 0 aliphatic carbocycles. The summed E-state index contributed by atoms with van der Waals surface area (Å²) < 4.78 is 4.72. The van der Waals surface area contributed by atoms with Gasteiger partial charge in [0.1, 0.15) is 6.61 Å². The third-order valence-corrected chi connectivity index (χ3v) is 2.08. The fraction of sp³-hybridized carbons (Fsp3) is 0.273. The van der Waals surface area contributed by atoms with Crippen molar-refractivity contribution in [3.8, 4) is 0 Å². The highest BCUT2D eigenvalue weighted by Gasteiger charge is 2.10. The molecule has 0 aliphatic rings. The Balaban J connectivity index is 2.43. The number of non-ortho nitro benzene ring substituents is 1. The summed E-state index contributed by atoms with van der Waals surface area (Å²) in [5, 5.41) is 21.3. The van der Waals surface area contributed by atoms with Gasteiger partial charge in [-0.1, -0.05) is 6.07 Å². The van der Waals surface area contributed by atoms with Gasteiger partial charge in [-0.05, 0) is 6.07 Å². The van der Waals surface area contributed by atoms with Crippen molar-refractivity contribution in [3.05, 3.63) is 39.9 Å². The molecular weight excluding hydrogens is 256 g/mol. The zero-order valence-electron chi connectivity index (χ0n) is 9.87. The van der Waals surface area contributed by atoms with E-state index in [0.29, 0.717) is 0 Å². The average molecular weight is 268 g/mol. The number of nitrogens with one attached hydrogen (secondary N) is 1. The number of rotatable bonds is 7. The first kappa shape index (κ1) is 14.6. The lowest BCUT2D eigenvalue weighted by atomic mass is 10.2. The Morgan fingerprint density at radius 3 is 2.79 bits per heavy atom. The van der Waals surface area contributed by atoms with Crippen LogP contribution < -0.4 is 5.32 Å². The highest BCUT2D eigenvalue weighted by atomic mass is 16.6. The van der Waals surface area contributed by atoms with E-state index in [1.807, 2.05) is 0 Å². The summed E-state index contributed by atoms with van der Waals surface area (Å²) in [6.45, 7) is -0.269. The van der Waals surface area contributed by atoms with Crippen molar-refractivity contribution in [3.63, 3.8) is 0 Å². The minimum absolute atomic E-state index is 0.0486. The third kappa shape index (κ3) is 5.13. The molecule has 8 heteroatoms. The van der Waals surface area contributed by atoms with Crippen molar-refractivity contribution in [1.29, 1.82) is 0 Å². The molecule has 0 unspecified atom stereocenters. The van der Waals surface area contributed by atoms with Crippen LogP contribution in [0.4, 0.5) is 5.69 Å². The van der Waals surface area contributed by atoms with Gasteiger partial charge in [0.25, 0.3) is 11.6 Å². The number of aliphatic carboxylic acids is 1. The Bertz CT molecular complexity index is 488. The fourth-order valence-corrected chi connectivity index (χ4v) is 1.26. The Morgan fingerprint density at radius 1 is 1.42 bits per heavy atom. The SMILES string of the molecule is O=C(O)COCCNC(=O)c1cccc([N+](=O)[O-])c1. The van der Waals surface area contributed by atoms with Crippen LogP contribution in [0.1, 0.15) is 10.4 Å². The van der Waals surface area contributed by atoms with Crippen LogP contribution in [0.25, 0.3) is 0 Å². The Morgan fingerprint density at radius 2 is 2.16 bits per heavy atom. The van der Waals surface area contributed by atoms with Crippen LogP contribution in [-0.2, 0) is 9.53 Å². The van der Waals surface area contributed by atoms with Crippen LogP contribution >= 0.6 is 0 Å². The smallest absolute Gasteiger partial charge is 0.329 e. The quantitative estimate of drug-likeness (QED) is 0.420. The maximum absolute atomic E-state index is 11.6. The first-order valence-electron chi connectivity index (χ1n) is 5.33. The van der Waals surface area contributed by atoms with E-state index in [-0.39, 0.29) is 24.4 Å². The van der Waals surface area contributed by atoms with Gasteiger partial charge in [0.2, 0.25) is 0 Å². The number of carbonyl (C=O) groups is 2. The Labute approximate surface area is 108 Å². The number of carbonyl (C=O) groups excluding carboxylic acids is 1. The number of hydrogen-bond acceptors (Lipinski definition) is 5. The number of nitrogens with zero attached hydrogens (tertiary/aromatic N) is 1.